The molecule has 19 heavy (non-hydrogen) atoms. The van der Waals surface area contributed by atoms with Gasteiger partial charge in [0.25, 0.3) is 0 Å². The van der Waals surface area contributed by atoms with Gasteiger partial charge in [-0.15, -0.1) is 0 Å². The predicted molar refractivity (Wildman–Crippen MR) is 68.4 cm³/mol. The molecule has 0 amide bonds. The maximum Gasteiger partial charge on any atom is 0.313 e. The minimum absolute atomic E-state index is 0.284. The molecule has 0 aliphatic rings. The number of hydrogen-bond donors (Lipinski definition) is 0. The Labute approximate surface area is 111 Å². The van der Waals surface area contributed by atoms with Gasteiger partial charge >= 0.3 is 5.97 Å². The molecule has 0 spiro atoms. The average Bonchev–Trinajstić information content (AvgIpc) is 2.39. The second-order valence-corrected chi connectivity index (χ2v) is 4.14. The summed E-state index contributed by atoms with van der Waals surface area (Å²) in [6, 6.07) is 3.28. The summed E-state index contributed by atoms with van der Waals surface area (Å²) in [4.78, 5) is 34.6. The van der Waals surface area contributed by atoms with E-state index in [1.807, 2.05) is 0 Å². The third kappa shape index (κ3) is 3.40. The first-order chi connectivity index (χ1) is 8.90. The first-order valence-electron chi connectivity index (χ1n) is 5.70. The maximum absolute atomic E-state index is 12.0. The van der Waals surface area contributed by atoms with Crippen LogP contribution in [0.4, 0.5) is 0 Å². The number of aryl methyl sites for hydroxylation is 2. The van der Waals surface area contributed by atoms with Crippen molar-refractivity contribution < 1.29 is 23.9 Å². The van der Waals surface area contributed by atoms with Crippen molar-refractivity contribution in [1.82, 2.24) is 0 Å². The fourth-order valence-electron chi connectivity index (χ4n) is 1.69. The van der Waals surface area contributed by atoms with Crippen LogP contribution in [0.5, 0.6) is 5.75 Å². The number of methoxy groups -OCH3 is 2. The highest BCUT2D eigenvalue weighted by atomic mass is 16.5. The summed E-state index contributed by atoms with van der Waals surface area (Å²) in [7, 11) is 2.70. The van der Waals surface area contributed by atoms with Crippen molar-refractivity contribution in [3.05, 3.63) is 28.8 Å². The molecule has 0 saturated heterocycles. The zero-order valence-corrected chi connectivity index (χ0v) is 11.4. The van der Waals surface area contributed by atoms with Crippen molar-refractivity contribution in [3.8, 4) is 5.75 Å². The highest BCUT2D eigenvalue weighted by Crippen LogP contribution is 2.23. The molecule has 0 N–H and O–H groups in total. The summed E-state index contributed by atoms with van der Waals surface area (Å²) >= 11 is 0. The van der Waals surface area contributed by atoms with Crippen LogP contribution in [-0.4, -0.2) is 31.8 Å². The quantitative estimate of drug-likeness (QED) is 0.350. The lowest BCUT2D eigenvalue weighted by molar-refractivity contribution is -0.142. The van der Waals surface area contributed by atoms with E-state index in [0.717, 1.165) is 5.56 Å². The number of carbonyl (C=O) groups is 3. The zero-order valence-electron chi connectivity index (χ0n) is 11.4. The predicted octanol–water partition coefficient (Wildman–Crippen LogP) is 1.63. The molecule has 0 unspecified atom stereocenters. The lowest BCUT2D eigenvalue weighted by Gasteiger charge is -2.09. The van der Waals surface area contributed by atoms with Gasteiger partial charge in [-0.1, -0.05) is 0 Å². The summed E-state index contributed by atoms with van der Waals surface area (Å²) in [6.07, 6.45) is -0.542. The minimum atomic E-state index is -0.778. The van der Waals surface area contributed by atoms with E-state index in [4.69, 9.17) is 4.74 Å². The Balaban J connectivity index is 3.03. The SMILES string of the molecule is COC(=O)CC(=O)C(=O)c1cc(C)c(OC)cc1C. The van der Waals surface area contributed by atoms with Crippen molar-refractivity contribution in [2.75, 3.05) is 14.2 Å². The van der Waals surface area contributed by atoms with Crippen molar-refractivity contribution in [1.29, 1.82) is 0 Å². The minimum Gasteiger partial charge on any atom is -0.496 e. The van der Waals surface area contributed by atoms with Crippen LogP contribution in [0.1, 0.15) is 27.9 Å². The number of rotatable bonds is 5. The van der Waals surface area contributed by atoms with Crippen molar-refractivity contribution in [3.63, 3.8) is 0 Å². The van der Waals surface area contributed by atoms with Gasteiger partial charge in [-0.2, -0.15) is 0 Å². The third-order valence-corrected chi connectivity index (χ3v) is 2.77. The number of ketones is 2. The normalized spacial score (nSPS) is 9.89. The molecule has 0 saturated carbocycles. The molecular formula is C14H16O5. The zero-order chi connectivity index (χ0) is 14.6. The molecule has 102 valence electrons. The van der Waals surface area contributed by atoms with Crippen LogP contribution < -0.4 is 4.74 Å². The fourth-order valence-corrected chi connectivity index (χ4v) is 1.69. The largest absolute Gasteiger partial charge is 0.496 e. The van der Waals surface area contributed by atoms with Gasteiger partial charge in [-0.25, -0.2) is 0 Å². The molecular weight excluding hydrogens is 248 g/mol. The van der Waals surface area contributed by atoms with Crippen LogP contribution in [0.15, 0.2) is 12.1 Å². The van der Waals surface area contributed by atoms with Crippen molar-refractivity contribution in [2.24, 2.45) is 0 Å². The van der Waals surface area contributed by atoms with E-state index in [1.54, 1.807) is 26.0 Å². The van der Waals surface area contributed by atoms with Crippen LogP contribution in [0.25, 0.3) is 0 Å². The van der Waals surface area contributed by atoms with Crippen LogP contribution in [0.3, 0.4) is 0 Å². The van der Waals surface area contributed by atoms with E-state index in [2.05, 4.69) is 4.74 Å². The number of carbonyl (C=O) groups excluding carboxylic acids is 3. The highest BCUT2D eigenvalue weighted by molar-refractivity contribution is 6.46. The van der Waals surface area contributed by atoms with E-state index in [1.165, 1.54) is 14.2 Å². The van der Waals surface area contributed by atoms with Gasteiger partial charge in [0.15, 0.2) is 0 Å². The van der Waals surface area contributed by atoms with Crippen LogP contribution >= 0.6 is 0 Å². The Morgan fingerprint density at radius 1 is 1.05 bits per heavy atom. The topological polar surface area (TPSA) is 69.7 Å². The lowest BCUT2D eigenvalue weighted by atomic mass is 9.98. The monoisotopic (exact) mass is 264 g/mol. The molecule has 0 heterocycles. The number of ether oxygens (including phenoxy) is 2. The van der Waals surface area contributed by atoms with Crippen LogP contribution in [0.2, 0.25) is 0 Å². The Morgan fingerprint density at radius 2 is 1.68 bits per heavy atom. The summed E-state index contributed by atoms with van der Waals surface area (Å²) in [5, 5.41) is 0. The van der Waals surface area contributed by atoms with Crippen molar-refractivity contribution >= 4 is 17.5 Å². The number of benzene rings is 1. The molecule has 0 aromatic heterocycles. The number of Topliss-reactive ketones (excluding diaryl/α,β-unsaturated/α-hetero) is 2. The van der Waals surface area contributed by atoms with Gasteiger partial charge in [0.1, 0.15) is 12.2 Å². The molecule has 0 radical (unpaired) electrons. The number of hydrogen-bond acceptors (Lipinski definition) is 5. The highest BCUT2D eigenvalue weighted by Gasteiger charge is 2.22. The molecule has 0 aliphatic carbocycles. The smallest absolute Gasteiger partial charge is 0.313 e. The summed E-state index contributed by atoms with van der Waals surface area (Å²) in [6.45, 7) is 3.49. The first-order valence-corrected chi connectivity index (χ1v) is 5.70. The Hall–Kier alpha value is -2.17. The average molecular weight is 264 g/mol. The van der Waals surface area contributed by atoms with Crippen molar-refractivity contribution in [2.45, 2.75) is 20.3 Å². The molecule has 1 aromatic carbocycles. The maximum atomic E-state index is 12.0. The molecule has 1 aromatic rings. The number of esters is 1. The first kappa shape index (κ1) is 14.9. The Morgan fingerprint density at radius 3 is 2.21 bits per heavy atom. The van der Waals surface area contributed by atoms with E-state index >= 15 is 0 Å². The van der Waals surface area contributed by atoms with Gasteiger partial charge in [-0.3, -0.25) is 14.4 Å². The molecule has 0 aliphatic heterocycles. The molecule has 0 fully saturated rings. The van der Waals surface area contributed by atoms with Gasteiger partial charge in [0.2, 0.25) is 11.6 Å². The van der Waals surface area contributed by atoms with Gasteiger partial charge in [-0.05, 0) is 37.1 Å². The summed E-state index contributed by atoms with van der Waals surface area (Å²) in [5.41, 5.74) is 1.67. The Bertz CT molecular complexity index is 531. The van der Waals surface area contributed by atoms with E-state index in [0.29, 0.717) is 11.3 Å². The van der Waals surface area contributed by atoms with E-state index in [-0.39, 0.29) is 5.56 Å². The van der Waals surface area contributed by atoms with E-state index in [9.17, 15) is 14.4 Å². The van der Waals surface area contributed by atoms with E-state index < -0.39 is 24.0 Å². The molecule has 5 nitrogen and oxygen atoms in total. The third-order valence-electron chi connectivity index (χ3n) is 2.77. The second-order valence-electron chi connectivity index (χ2n) is 4.14. The van der Waals surface area contributed by atoms with Gasteiger partial charge < -0.3 is 9.47 Å². The fraction of sp³-hybridized carbons (Fsp3) is 0.357. The Kier molecular flexibility index (Phi) is 4.80. The molecule has 0 bridgehead atoms. The van der Waals surface area contributed by atoms with Crippen LogP contribution in [-0.2, 0) is 14.3 Å². The van der Waals surface area contributed by atoms with Gasteiger partial charge in [0.05, 0.1) is 14.2 Å². The second kappa shape index (κ2) is 6.13. The molecule has 0 atom stereocenters. The van der Waals surface area contributed by atoms with Crippen LogP contribution in [0, 0.1) is 13.8 Å². The summed E-state index contributed by atoms with van der Waals surface area (Å²) in [5.74, 6) is -1.54. The lowest BCUT2D eigenvalue weighted by Crippen LogP contribution is -2.20. The summed E-state index contributed by atoms with van der Waals surface area (Å²) < 4.78 is 9.50. The standard InChI is InChI=1S/C14H16O5/c1-8-6-12(18-3)9(2)5-10(8)14(17)11(15)7-13(16)19-4/h5-6H,7H2,1-4H3. The molecule has 5 heteroatoms. The van der Waals surface area contributed by atoms with Gasteiger partial charge in [0, 0.05) is 5.56 Å². The molecule has 1 rings (SSSR count).